The molecular formula is C13H28O2. The lowest BCUT2D eigenvalue weighted by molar-refractivity contribution is 0.0356. The Kier molecular flexibility index (Phi) is 11.9. The van der Waals surface area contributed by atoms with E-state index in [9.17, 15) is 0 Å². The zero-order chi connectivity index (χ0) is 11.4. The predicted octanol–water partition coefficient (Wildman–Crippen LogP) is 3.65. The molecule has 0 heterocycles. The highest BCUT2D eigenvalue weighted by Crippen LogP contribution is 2.10. The molecule has 2 nitrogen and oxygen atoms in total. The maximum absolute atomic E-state index is 5.59. The summed E-state index contributed by atoms with van der Waals surface area (Å²) in [5.41, 5.74) is 0. The van der Waals surface area contributed by atoms with Crippen LogP contribution in [0.2, 0.25) is 0 Å². The minimum absolute atomic E-state index is 0.600. The van der Waals surface area contributed by atoms with E-state index in [1.54, 1.807) is 0 Å². The smallest absolute Gasteiger partial charge is 0.0516 e. The highest BCUT2D eigenvalue weighted by Gasteiger charge is 2.08. The van der Waals surface area contributed by atoms with E-state index in [0.29, 0.717) is 5.92 Å². The Morgan fingerprint density at radius 1 is 0.800 bits per heavy atom. The Labute approximate surface area is 95.3 Å². The van der Waals surface area contributed by atoms with Crippen LogP contribution in [0.4, 0.5) is 0 Å². The first kappa shape index (κ1) is 14.9. The van der Waals surface area contributed by atoms with Gasteiger partial charge in [0.15, 0.2) is 0 Å². The maximum Gasteiger partial charge on any atom is 0.0516 e. The highest BCUT2D eigenvalue weighted by molar-refractivity contribution is 4.57. The normalized spacial score (nSPS) is 11.2. The van der Waals surface area contributed by atoms with Crippen LogP contribution < -0.4 is 0 Å². The first-order chi connectivity index (χ1) is 7.35. The van der Waals surface area contributed by atoms with Crippen molar-refractivity contribution in [1.29, 1.82) is 0 Å². The summed E-state index contributed by atoms with van der Waals surface area (Å²) in [5.74, 6) is 0.600. The molecule has 0 saturated carbocycles. The van der Waals surface area contributed by atoms with Crippen LogP contribution in [0.3, 0.4) is 0 Å². The average molecular weight is 216 g/mol. The molecule has 0 aromatic heterocycles. The molecular weight excluding hydrogens is 188 g/mol. The molecule has 92 valence electrons. The van der Waals surface area contributed by atoms with Crippen molar-refractivity contribution < 1.29 is 9.47 Å². The Bertz CT molecular complexity index is 105. The zero-order valence-corrected chi connectivity index (χ0v) is 10.8. The molecule has 15 heavy (non-hydrogen) atoms. The molecule has 0 spiro atoms. The number of unbranched alkanes of at least 4 members (excludes halogenated alkanes) is 1. The number of hydrogen-bond acceptors (Lipinski definition) is 2. The van der Waals surface area contributed by atoms with Gasteiger partial charge in [0.05, 0.1) is 13.2 Å². The Morgan fingerprint density at radius 2 is 1.33 bits per heavy atom. The minimum atomic E-state index is 0.600. The van der Waals surface area contributed by atoms with Gasteiger partial charge >= 0.3 is 0 Å². The van der Waals surface area contributed by atoms with E-state index in [1.165, 1.54) is 19.3 Å². The van der Waals surface area contributed by atoms with E-state index in [2.05, 4.69) is 20.8 Å². The summed E-state index contributed by atoms with van der Waals surface area (Å²) >= 11 is 0. The molecule has 0 rings (SSSR count). The topological polar surface area (TPSA) is 18.5 Å². The molecule has 0 atom stereocenters. The summed E-state index contributed by atoms with van der Waals surface area (Å²) < 4.78 is 11.2. The van der Waals surface area contributed by atoms with Crippen LogP contribution in [0.15, 0.2) is 0 Å². The summed E-state index contributed by atoms with van der Waals surface area (Å²) in [5, 5.41) is 0. The van der Waals surface area contributed by atoms with Crippen molar-refractivity contribution in [2.45, 2.75) is 52.9 Å². The van der Waals surface area contributed by atoms with E-state index in [-0.39, 0.29) is 0 Å². The van der Waals surface area contributed by atoms with Gasteiger partial charge in [-0.3, -0.25) is 0 Å². The largest absolute Gasteiger partial charge is 0.381 e. The van der Waals surface area contributed by atoms with Gasteiger partial charge in [0.2, 0.25) is 0 Å². The monoisotopic (exact) mass is 216 g/mol. The van der Waals surface area contributed by atoms with Crippen molar-refractivity contribution in [3.63, 3.8) is 0 Å². The molecule has 0 aliphatic heterocycles. The van der Waals surface area contributed by atoms with Crippen LogP contribution in [0, 0.1) is 5.92 Å². The average Bonchev–Trinajstić information content (AvgIpc) is 2.25. The van der Waals surface area contributed by atoms with E-state index in [4.69, 9.17) is 9.47 Å². The second-order valence-corrected chi connectivity index (χ2v) is 4.16. The van der Waals surface area contributed by atoms with Gasteiger partial charge < -0.3 is 9.47 Å². The van der Waals surface area contributed by atoms with Crippen LogP contribution in [0.1, 0.15) is 52.9 Å². The molecule has 0 fully saturated rings. The van der Waals surface area contributed by atoms with Gasteiger partial charge in [0.1, 0.15) is 0 Å². The number of rotatable bonds is 11. The van der Waals surface area contributed by atoms with Crippen molar-refractivity contribution in [2.75, 3.05) is 26.4 Å². The molecule has 0 aromatic rings. The third-order valence-corrected chi connectivity index (χ3v) is 2.37. The minimum Gasteiger partial charge on any atom is -0.381 e. The van der Waals surface area contributed by atoms with Gasteiger partial charge in [-0.2, -0.15) is 0 Å². The fourth-order valence-electron chi connectivity index (χ4n) is 1.50. The van der Waals surface area contributed by atoms with Crippen molar-refractivity contribution in [3.8, 4) is 0 Å². The van der Waals surface area contributed by atoms with Crippen LogP contribution in [-0.4, -0.2) is 26.4 Å². The summed E-state index contributed by atoms with van der Waals surface area (Å²) in [6.07, 6.45) is 6.00. The van der Waals surface area contributed by atoms with Gasteiger partial charge in [-0.05, 0) is 19.3 Å². The number of ether oxygens (including phenoxy) is 2. The fraction of sp³-hybridized carbons (Fsp3) is 1.00. The van der Waals surface area contributed by atoms with Crippen molar-refractivity contribution in [2.24, 2.45) is 5.92 Å². The third kappa shape index (κ3) is 10.2. The first-order valence-electron chi connectivity index (χ1n) is 6.50. The van der Waals surface area contributed by atoms with Crippen molar-refractivity contribution >= 4 is 0 Å². The van der Waals surface area contributed by atoms with Gasteiger partial charge in [0, 0.05) is 19.1 Å². The summed E-state index contributed by atoms with van der Waals surface area (Å²) in [6, 6.07) is 0. The maximum atomic E-state index is 5.59. The molecule has 0 aliphatic carbocycles. The molecule has 0 saturated heterocycles. The molecule has 0 N–H and O–H groups in total. The molecule has 0 unspecified atom stereocenters. The highest BCUT2D eigenvalue weighted by atomic mass is 16.5. The lowest BCUT2D eigenvalue weighted by Gasteiger charge is -2.16. The SMILES string of the molecule is CCCCC(COCCC)COCCC. The van der Waals surface area contributed by atoms with Gasteiger partial charge in [-0.25, -0.2) is 0 Å². The Hall–Kier alpha value is -0.0800. The molecule has 0 aliphatic rings. The van der Waals surface area contributed by atoms with E-state index in [0.717, 1.165) is 39.3 Å². The van der Waals surface area contributed by atoms with Crippen molar-refractivity contribution in [1.82, 2.24) is 0 Å². The van der Waals surface area contributed by atoms with Gasteiger partial charge in [-0.15, -0.1) is 0 Å². The molecule has 0 radical (unpaired) electrons. The van der Waals surface area contributed by atoms with Gasteiger partial charge in [0.25, 0.3) is 0 Å². The fourth-order valence-corrected chi connectivity index (χ4v) is 1.50. The van der Waals surface area contributed by atoms with Crippen LogP contribution in [0.5, 0.6) is 0 Å². The Morgan fingerprint density at radius 3 is 1.73 bits per heavy atom. The first-order valence-corrected chi connectivity index (χ1v) is 6.50. The molecule has 2 heteroatoms. The summed E-state index contributed by atoms with van der Waals surface area (Å²) in [6.45, 7) is 10.0. The zero-order valence-electron chi connectivity index (χ0n) is 10.8. The van der Waals surface area contributed by atoms with Gasteiger partial charge in [-0.1, -0.05) is 33.6 Å². The predicted molar refractivity (Wildman–Crippen MR) is 65.2 cm³/mol. The van der Waals surface area contributed by atoms with Crippen LogP contribution in [-0.2, 0) is 9.47 Å². The van der Waals surface area contributed by atoms with Crippen LogP contribution in [0.25, 0.3) is 0 Å². The van der Waals surface area contributed by atoms with Crippen molar-refractivity contribution in [3.05, 3.63) is 0 Å². The second kappa shape index (κ2) is 12.0. The second-order valence-electron chi connectivity index (χ2n) is 4.16. The standard InChI is InChI=1S/C13H28O2/c1-4-7-8-13(11-14-9-5-2)12-15-10-6-3/h13H,4-12H2,1-3H3. The van der Waals surface area contributed by atoms with E-state index >= 15 is 0 Å². The van der Waals surface area contributed by atoms with E-state index < -0.39 is 0 Å². The molecule has 0 amide bonds. The lowest BCUT2D eigenvalue weighted by Crippen LogP contribution is -2.17. The van der Waals surface area contributed by atoms with E-state index in [1.807, 2.05) is 0 Å². The summed E-state index contributed by atoms with van der Waals surface area (Å²) in [7, 11) is 0. The summed E-state index contributed by atoms with van der Waals surface area (Å²) in [4.78, 5) is 0. The quantitative estimate of drug-likeness (QED) is 0.491. The number of hydrogen-bond donors (Lipinski definition) is 0. The molecule has 0 bridgehead atoms. The third-order valence-electron chi connectivity index (χ3n) is 2.37. The Balaban J connectivity index is 3.53. The molecule has 0 aromatic carbocycles. The van der Waals surface area contributed by atoms with Crippen LogP contribution >= 0.6 is 0 Å². The lowest BCUT2D eigenvalue weighted by atomic mass is 10.0.